The van der Waals surface area contributed by atoms with Crippen molar-refractivity contribution in [2.45, 2.75) is 35.5 Å². The minimum atomic E-state index is -1.75. The van der Waals surface area contributed by atoms with Crippen molar-refractivity contribution < 1.29 is 23.9 Å². The lowest BCUT2D eigenvalue weighted by Gasteiger charge is -2.14. The molecule has 36 heavy (non-hydrogen) atoms. The van der Waals surface area contributed by atoms with Crippen LogP contribution < -0.4 is 9.47 Å². The van der Waals surface area contributed by atoms with Crippen LogP contribution >= 0.6 is 0 Å². The Morgan fingerprint density at radius 3 is 1.33 bits per heavy atom. The summed E-state index contributed by atoms with van der Waals surface area (Å²) in [5.41, 5.74) is 3.45. The van der Waals surface area contributed by atoms with Crippen LogP contribution in [0.1, 0.15) is 22.3 Å². The maximum absolute atomic E-state index is 13.5. The first-order chi connectivity index (χ1) is 17.5. The smallest absolute Gasteiger partial charge is 0.135 e. The van der Waals surface area contributed by atoms with Crippen LogP contribution in [0.4, 0.5) is 0 Å². The fourth-order valence-electron chi connectivity index (χ4n) is 4.31. The predicted molar refractivity (Wildman–Crippen MR) is 142 cm³/mol. The van der Waals surface area contributed by atoms with Gasteiger partial charge in [0.1, 0.15) is 23.0 Å². The highest BCUT2D eigenvalue weighted by molar-refractivity contribution is 7.85. The third-order valence-electron chi connectivity index (χ3n) is 6.28. The van der Waals surface area contributed by atoms with Crippen molar-refractivity contribution in [1.82, 2.24) is 0 Å². The average molecular weight is 503 g/mol. The monoisotopic (exact) mass is 502 g/mol. The molecular formula is C30H30O5S. The van der Waals surface area contributed by atoms with Gasteiger partial charge in [0, 0.05) is 0 Å². The second-order valence-corrected chi connectivity index (χ2v) is 9.84. The molecule has 0 aromatic heterocycles. The highest BCUT2D eigenvalue weighted by atomic mass is 32.2. The number of phenols is 2. The van der Waals surface area contributed by atoms with Crippen molar-refractivity contribution in [2.75, 3.05) is 14.2 Å². The molecule has 5 nitrogen and oxygen atoms in total. The van der Waals surface area contributed by atoms with Gasteiger partial charge in [0.25, 0.3) is 0 Å². The Balaban J connectivity index is 1.54. The van der Waals surface area contributed by atoms with Gasteiger partial charge in [-0.15, -0.1) is 0 Å². The van der Waals surface area contributed by atoms with Crippen LogP contribution in [0.2, 0.25) is 0 Å². The third-order valence-corrected chi connectivity index (χ3v) is 7.73. The lowest BCUT2D eigenvalue weighted by atomic mass is 10.0. The van der Waals surface area contributed by atoms with E-state index in [2.05, 4.69) is 0 Å². The van der Waals surface area contributed by atoms with Crippen LogP contribution in [-0.4, -0.2) is 28.6 Å². The molecule has 0 unspecified atom stereocenters. The fraction of sp³-hybridized carbons (Fsp3) is 0.200. The number of para-hydroxylation sites is 4. The largest absolute Gasteiger partial charge is 0.506 e. The molecule has 2 N–H and O–H groups in total. The molecule has 6 heteroatoms. The van der Waals surface area contributed by atoms with Gasteiger partial charge in [-0.05, 0) is 72.2 Å². The lowest BCUT2D eigenvalue weighted by Crippen LogP contribution is -2.01. The van der Waals surface area contributed by atoms with Gasteiger partial charge in [-0.1, -0.05) is 60.7 Å². The normalized spacial score (nSPS) is 11.0. The van der Waals surface area contributed by atoms with Crippen LogP contribution in [-0.2, 0) is 36.5 Å². The molecule has 0 aliphatic carbocycles. The number of methoxy groups -OCH3 is 2. The second-order valence-electron chi connectivity index (χ2n) is 8.42. The quantitative estimate of drug-likeness (QED) is 0.284. The van der Waals surface area contributed by atoms with Gasteiger partial charge in [0.2, 0.25) is 0 Å². The molecule has 4 rings (SSSR count). The third kappa shape index (κ3) is 5.55. The number of rotatable bonds is 10. The molecule has 0 saturated carbocycles. The van der Waals surface area contributed by atoms with Crippen molar-refractivity contribution in [2.24, 2.45) is 0 Å². The van der Waals surface area contributed by atoms with Crippen molar-refractivity contribution >= 4 is 10.8 Å². The van der Waals surface area contributed by atoms with E-state index in [9.17, 15) is 14.4 Å². The molecule has 0 saturated heterocycles. The van der Waals surface area contributed by atoms with Crippen LogP contribution in [0, 0.1) is 0 Å². The fourth-order valence-corrected chi connectivity index (χ4v) is 5.57. The molecule has 0 aliphatic rings. The zero-order chi connectivity index (χ0) is 25.5. The molecule has 4 aromatic rings. The summed E-state index contributed by atoms with van der Waals surface area (Å²) in [6, 6.07) is 26.0. The predicted octanol–water partition coefficient (Wildman–Crippen LogP) is 5.85. The van der Waals surface area contributed by atoms with Gasteiger partial charge in [0.05, 0.1) is 34.8 Å². The van der Waals surface area contributed by atoms with E-state index in [1.807, 2.05) is 60.7 Å². The number of aromatic hydroxyl groups is 2. The summed E-state index contributed by atoms with van der Waals surface area (Å²) in [5.74, 6) is 1.58. The Hall–Kier alpha value is -3.77. The molecule has 0 spiro atoms. The summed E-state index contributed by atoms with van der Waals surface area (Å²) in [5, 5.41) is 22.0. The number of hydrogen-bond donors (Lipinski definition) is 2. The summed E-state index contributed by atoms with van der Waals surface area (Å²) >= 11 is 0. The Kier molecular flexibility index (Phi) is 8.28. The second kappa shape index (κ2) is 11.8. The first kappa shape index (κ1) is 25.3. The van der Waals surface area contributed by atoms with E-state index in [4.69, 9.17) is 9.47 Å². The standard InChI is InChI=1S/C30H30O5S/c1-34-25-13-5-3-9-21(25)17-19-23-11-7-15-27(29(23)31)36(33)28-16-8-12-24(30(28)32)20-18-22-10-4-6-14-26(22)35-2/h3-16,31-32H,17-20H2,1-2H3. The molecular weight excluding hydrogens is 472 g/mol. The van der Waals surface area contributed by atoms with E-state index in [-0.39, 0.29) is 21.3 Å². The molecule has 0 heterocycles. The van der Waals surface area contributed by atoms with E-state index < -0.39 is 10.8 Å². The van der Waals surface area contributed by atoms with Crippen molar-refractivity contribution in [3.05, 3.63) is 107 Å². The van der Waals surface area contributed by atoms with Gasteiger partial charge in [-0.25, -0.2) is 4.21 Å². The van der Waals surface area contributed by atoms with Gasteiger partial charge in [-0.3, -0.25) is 0 Å². The maximum Gasteiger partial charge on any atom is 0.135 e. The molecule has 4 aromatic carbocycles. The molecule has 0 fully saturated rings. The minimum absolute atomic E-state index is 0.00967. The van der Waals surface area contributed by atoms with E-state index in [0.717, 1.165) is 22.6 Å². The topological polar surface area (TPSA) is 76.0 Å². The number of ether oxygens (including phenoxy) is 2. The van der Waals surface area contributed by atoms with Gasteiger partial charge < -0.3 is 19.7 Å². The van der Waals surface area contributed by atoms with E-state index in [1.54, 1.807) is 38.5 Å². The Morgan fingerprint density at radius 1 is 0.556 bits per heavy atom. The molecule has 0 radical (unpaired) electrons. The molecule has 0 amide bonds. The zero-order valence-corrected chi connectivity index (χ0v) is 21.3. The summed E-state index contributed by atoms with van der Waals surface area (Å²) in [6.07, 6.45) is 2.44. The number of benzene rings is 4. The number of phenolic OH excluding ortho intramolecular Hbond substituents is 2. The van der Waals surface area contributed by atoms with Crippen LogP contribution in [0.25, 0.3) is 0 Å². The SMILES string of the molecule is COc1ccccc1CCc1cccc(S(=O)c2cccc(CCc3ccccc3OC)c2O)c1O. The molecule has 0 aliphatic heterocycles. The summed E-state index contributed by atoms with van der Waals surface area (Å²) in [4.78, 5) is 0.564. The summed E-state index contributed by atoms with van der Waals surface area (Å²) in [7, 11) is 1.52. The van der Waals surface area contributed by atoms with E-state index in [1.165, 1.54) is 0 Å². The molecule has 0 atom stereocenters. The summed E-state index contributed by atoms with van der Waals surface area (Å²) < 4.78 is 24.3. The molecule has 0 bridgehead atoms. The van der Waals surface area contributed by atoms with Crippen molar-refractivity contribution in [3.8, 4) is 23.0 Å². The molecule has 186 valence electrons. The lowest BCUT2D eigenvalue weighted by molar-refractivity contribution is 0.409. The van der Waals surface area contributed by atoms with Crippen LogP contribution in [0.15, 0.2) is 94.7 Å². The summed E-state index contributed by atoms with van der Waals surface area (Å²) in [6.45, 7) is 0. The number of aryl methyl sites for hydroxylation is 4. The van der Waals surface area contributed by atoms with Crippen molar-refractivity contribution in [1.29, 1.82) is 0 Å². The first-order valence-electron chi connectivity index (χ1n) is 11.8. The Morgan fingerprint density at radius 2 is 0.917 bits per heavy atom. The minimum Gasteiger partial charge on any atom is -0.506 e. The van der Waals surface area contributed by atoms with Gasteiger partial charge >= 0.3 is 0 Å². The van der Waals surface area contributed by atoms with Crippen LogP contribution in [0.3, 0.4) is 0 Å². The first-order valence-corrected chi connectivity index (χ1v) is 13.0. The highest BCUT2D eigenvalue weighted by Crippen LogP contribution is 2.35. The highest BCUT2D eigenvalue weighted by Gasteiger charge is 2.20. The average Bonchev–Trinajstić information content (AvgIpc) is 2.92. The maximum atomic E-state index is 13.5. The van der Waals surface area contributed by atoms with Gasteiger partial charge in [-0.2, -0.15) is 0 Å². The van der Waals surface area contributed by atoms with Crippen LogP contribution in [0.5, 0.6) is 23.0 Å². The van der Waals surface area contributed by atoms with E-state index in [0.29, 0.717) is 36.8 Å². The Bertz CT molecular complexity index is 1260. The van der Waals surface area contributed by atoms with Crippen molar-refractivity contribution in [3.63, 3.8) is 0 Å². The Labute approximate surface area is 214 Å². The van der Waals surface area contributed by atoms with E-state index >= 15 is 0 Å². The zero-order valence-electron chi connectivity index (χ0n) is 20.4. The number of hydrogen-bond acceptors (Lipinski definition) is 5. The van der Waals surface area contributed by atoms with Gasteiger partial charge in [0.15, 0.2) is 0 Å².